The van der Waals surface area contributed by atoms with Crippen LogP contribution >= 0.6 is 0 Å². The number of piperidine rings is 1. The third-order valence-electron chi connectivity index (χ3n) is 4.73. The molecule has 4 rings (SSSR count). The number of nitrogens with one attached hydrogen (secondary N) is 1. The van der Waals surface area contributed by atoms with Crippen LogP contribution in [0.25, 0.3) is 0 Å². The first kappa shape index (κ1) is 9.20. The minimum Gasteiger partial charge on any atom is -0.307 e. The molecule has 2 saturated heterocycles. The lowest BCUT2D eigenvalue weighted by Crippen LogP contribution is -2.80. The lowest BCUT2D eigenvalue weighted by molar-refractivity contribution is -0.118. The summed E-state index contributed by atoms with van der Waals surface area (Å²) in [5.41, 5.74) is 2.02. The summed E-state index contributed by atoms with van der Waals surface area (Å²) in [7, 11) is 0. The van der Waals surface area contributed by atoms with Gasteiger partial charge < -0.3 is 5.32 Å². The highest BCUT2D eigenvalue weighted by Gasteiger charge is 2.69. The first-order valence-corrected chi connectivity index (χ1v) is 6.44. The highest BCUT2D eigenvalue weighted by Crippen LogP contribution is 2.59. The molecule has 2 atom stereocenters. The molecule has 0 radical (unpaired) electrons. The SMILES string of the molecule is c1ccc(CNC2C3CCN3C23CC3)cc1. The van der Waals surface area contributed by atoms with E-state index < -0.39 is 0 Å². The zero-order chi connectivity index (χ0) is 10.6. The number of rotatable bonds is 3. The fourth-order valence-electron chi connectivity index (χ4n) is 3.64. The van der Waals surface area contributed by atoms with Gasteiger partial charge in [0.15, 0.2) is 0 Å². The molecule has 1 aliphatic carbocycles. The molecule has 1 saturated carbocycles. The van der Waals surface area contributed by atoms with Crippen molar-refractivity contribution in [2.24, 2.45) is 0 Å². The van der Waals surface area contributed by atoms with E-state index in [-0.39, 0.29) is 0 Å². The molecule has 1 aromatic carbocycles. The second kappa shape index (κ2) is 3.08. The van der Waals surface area contributed by atoms with Gasteiger partial charge in [-0.25, -0.2) is 0 Å². The Hall–Kier alpha value is -0.860. The van der Waals surface area contributed by atoms with Crippen molar-refractivity contribution in [2.75, 3.05) is 6.54 Å². The van der Waals surface area contributed by atoms with Crippen LogP contribution < -0.4 is 5.32 Å². The van der Waals surface area contributed by atoms with Gasteiger partial charge >= 0.3 is 0 Å². The fraction of sp³-hybridized carbons (Fsp3) is 0.571. The molecule has 0 bridgehead atoms. The lowest BCUT2D eigenvalue weighted by Gasteiger charge is -2.64. The van der Waals surface area contributed by atoms with E-state index in [1.807, 2.05) is 0 Å². The Morgan fingerprint density at radius 2 is 2.06 bits per heavy atom. The van der Waals surface area contributed by atoms with Crippen LogP contribution in [0.3, 0.4) is 0 Å². The van der Waals surface area contributed by atoms with E-state index >= 15 is 0 Å². The summed E-state index contributed by atoms with van der Waals surface area (Å²) in [6.45, 7) is 2.39. The van der Waals surface area contributed by atoms with Crippen LogP contribution in [0.2, 0.25) is 0 Å². The minimum atomic E-state index is 0.609. The monoisotopic (exact) mass is 214 g/mol. The van der Waals surface area contributed by atoms with Gasteiger partial charge in [0.2, 0.25) is 0 Å². The van der Waals surface area contributed by atoms with Gasteiger partial charge in [0.25, 0.3) is 0 Å². The van der Waals surface area contributed by atoms with E-state index in [9.17, 15) is 0 Å². The predicted octanol–water partition coefficient (Wildman–Crippen LogP) is 1.77. The van der Waals surface area contributed by atoms with E-state index in [4.69, 9.17) is 0 Å². The molecule has 0 aromatic heterocycles. The van der Waals surface area contributed by atoms with E-state index in [0.29, 0.717) is 5.54 Å². The Morgan fingerprint density at radius 3 is 2.69 bits per heavy atom. The largest absolute Gasteiger partial charge is 0.307 e. The summed E-state index contributed by atoms with van der Waals surface area (Å²) in [5, 5.41) is 3.78. The van der Waals surface area contributed by atoms with Gasteiger partial charge in [-0.2, -0.15) is 0 Å². The summed E-state index contributed by atoms with van der Waals surface area (Å²) < 4.78 is 0. The van der Waals surface area contributed by atoms with Crippen molar-refractivity contribution in [3.8, 4) is 0 Å². The Kier molecular flexibility index (Phi) is 1.77. The molecule has 1 spiro atoms. The van der Waals surface area contributed by atoms with E-state index in [2.05, 4.69) is 40.5 Å². The maximum absolute atomic E-state index is 3.78. The molecular formula is C14H18N2. The highest BCUT2D eigenvalue weighted by atomic mass is 15.4. The topological polar surface area (TPSA) is 15.3 Å². The summed E-state index contributed by atoms with van der Waals surface area (Å²) in [5.74, 6) is 0. The molecule has 16 heavy (non-hydrogen) atoms. The van der Waals surface area contributed by atoms with Crippen LogP contribution in [0.4, 0.5) is 0 Å². The van der Waals surface area contributed by atoms with Gasteiger partial charge in [-0.3, -0.25) is 4.90 Å². The first-order chi connectivity index (χ1) is 7.90. The number of hydrogen-bond donors (Lipinski definition) is 1. The van der Waals surface area contributed by atoms with Crippen molar-refractivity contribution in [1.82, 2.24) is 10.2 Å². The van der Waals surface area contributed by atoms with Crippen LogP contribution in [0.5, 0.6) is 0 Å². The van der Waals surface area contributed by atoms with Crippen molar-refractivity contribution >= 4 is 0 Å². The number of hydrogen-bond acceptors (Lipinski definition) is 2. The summed E-state index contributed by atoms with van der Waals surface area (Å²) in [6, 6.07) is 12.4. The van der Waals surface area contributed by atoms with Gasteiger partial charge in [-0.05, 0) is 24.8 Å². The smallest absolute Gasteiger partial charge is 0.0412 e. The van der Waals surface area contributed by atoms with Crippen molar-refractivity contribution < 1.29 is 0 Å². The number of benzene rings is 1. The van der Waals surface area contributed by atoms with Crippen molar-refractivity contribution in [3.05, 3.63) is 35.9 Å². The summed E-state index contributed by atoms with van der Waals surface area (Å²) in [4.78, 5) is 2.72. The predicted molar refractivity (Wildman–Crippen MR) is 64.1 cm³/mol. The van der Waals surface area contributed by atoms with Gasteiger partial charge in [0, 0.05) is 30.7 Å². The molecule has 0 amide bonds. The first-order valence-electron chi connectivity index (χ1n) is 6.44. The molecule has 2 heteroatoms. The molecule has 2 nitrogen and oxygen atoms in total. The minimum absolute atomic E-state index is 0.609. The fourth-order valence-corrected chi connectivity index (χ4v) is 3.64. The van der Waals surface area contributed by atoms with Gasteiger partial charge in [0.1, 0.15) is 0 Å². The maximum Gasteiger partial charge on any atom is 0.0412 e. The molecule has 3 fully saturated rings. The Morgan fingerprint density at radius 1 is 1.25 bits per heavy atom. The zero-order valence-electron chi connectivity index (χ0n) is 9.52. The van der Waals surface area contributed by atoms with Crippen LogP contribution in [0, 0.1) is 0 Å². The van der Waals surface area contributed by atoms with Gasteiger partial charge in [0.05, 0.1) is 0 Å². The third kappa shape index (κ3) is 1.09. The standard InChI is InChI=1S/C14H18N2/c1-2-4-11(5-3-1)10-15-13-12-6-9-16(12)14(13)7-8-14/h1-5,12-13,15H,6-10H2. The maximum atomic E-state index is 3.78. The van der Waals surface area contributed by atoms with E-state index in [0.717, 1.165) is 18.6 Å². The number of nitrogens with zero attached hydrogens (tertiary/aromatic N) is 1. The average molecular weight is 214 g/mol. The molecule has 2 heterocycles. The Balaban J connectivity index is 1.42. The van der Waals surface area contributed by atoms with Crippen LogP contribution in [0.15, 0.2) is 30.3 Å². The molecule has 84 valence electrons. The normalized spacial score (nSPS) is 34.0. The molecule has 2 aliphatic heterocycles. The second-order valence-corrected chi connectivity index (χ2v) is 5.50. The van der Waals surface area contributed by atoms with Crippen LogP contribution in [-0.2, 0) is 6.54 Å². The highest BCUT2D eigenvalue weighted by molar-refractivity contribution is 5.28. The van der Waals surface area contributed by atoms with Crippen LogP contribution in [0.1, 0.15) is 24.8 Å². The van der Waals surface area contributed by atoms with E-state index in [1.54, 1.807) is 0 Å². The quantitative estimate of drug-likeness (QED) is 0.825. The number of fused-ring (bicyclic) bond motifs is 2. The van der Waals surface area contributed by atoms with Crippen LogP contribution in [-0.4, -0.2) is 29.1 Å². The van der Waals surface area contributed by atoms with Gasteiger partial charge in [-0.1, -0.05) is 30.3 Å². The van der Waals surface area contributed by atoms with Crippen molar-refractivity contribution in [3.63, 3.8) is 0 Å². The lowest BCUT2D eigenvalue weighted by atomic mass is 9.75. The second-order valence-electron chi connectivity index (χ2n) is 5.50. The van der Waals surface area contributed by atoms with Crippen molar-refractivity contribution in [1.29, 1.82) is 0 Å². The Bertz CT molecular complexity index is 396. The molecule has 2 unspecified atom stereocenters. The molecular weight excluding hydrogens is 196 g/mol. The van der Waals surface area contributed by atoms with Crippen molar-refractivity contribution in [2.45, 2.75) is 43.4 Å². The third-order valence-corrected chi connectivity index (χ3v) is 4.73. The summed E-state index contributed by atoms with van der Waals surface area (Å²) in [6.07, 6.45) is 4.26. The Labute approximate surface area is 96.6 Å². The zero-order valence-corrected chi connectivity index (χ0v) is 9.52. The molecule has 1 aromatic rings. The van der Waals surface area contributed by atoms with Gasteiger partial charge in [-0.15, -0.1) is 0 Å². The molecule has 1 N–H and O–H groups in total. The summed E-state index contributed by atoms with van der Waals surface area (Å²) >= 11 is 0. The van der Waals surface area contributed by atoms with E-state index in [1.165, 1.54) is 31.4 Å². The average Bonchev–Trinajstić information content (AvgIpc) is 3.06. The molecule has 3 aliphatic rings.